The number of rotatable bonds is 5. The van der Waals surface area contributed by atoms with Crippen LogP contribution in [0.4, 0.5) is 0 Å². The standard InChI is InChI=1S/C17H26N2O3/c1-13(14-6-5-7-16(12-14)21-3)17(20)19-10-8-15(9-11-19)18(2)22-4/h5-7,12-13,15H,8-11H2,1-4H3. The van der Waals surface area contributed by atoms with E-state index in [1.54, 1.807) is 14.2 Å². The maximum atomic E-state index is 12.7. The quantitative estimate of drug-likeness (QED) is 0.783. The highest BCUT2D eigenvalue weighted by molar-refractivity contribution is 5.83. The van der Waals surface area contributed by atoms with Gasteiger partial charge < -0.3 is 14.5 Å². The van der Waals surface area contributed by atoms with Gasteiger partial charge in [-0.2, -0.15) is 5.06 Å². The maximum Gasteiger partial charge on any atom is 0.229 e. The average Bonchev–Trinajstić information content (AvgIpc) is 2.59. The fourth-order valence-corrected chi connectivity index (χ4v) is 2.93. The molecule has 0 bridgehead atoms. The van der Waals surface area contributed by atoms with Crippen LogP contribution in [0.2, 0.25) is 0 Å². The van der Waals surface area contributed by atoms with Gasteiger partial charge in [0.15, 0.2) is 0 Å². The van der Waals surface area contributed by atoms with Crippen LogP contribution < -0.4 is 4.74 Å². The fourth-order valence-electron chi connectivity index (χ4n) is 2.93. The second-order valence-electron chi connectivity index (χ2n) is 5.78. The summed E-state index contributed by atoms with van der Waals surface area (Å²) >= 11 is 0. The fraction of sp³-hybridized carbons (Fsp3) is 0.588. The van der Waals surface area contributed by atoms with E-state index in [-0.39, 0.29) is 11.8 Å². The number of carbonyl (C=O) groups is 1. The van der Waals surface area contributed by atoms with E-state index < -0.39 is 0 Å². The molecule has 0 aromatic heterocycles. The largest absolute Gasteiger partial charge is 0.497 e. The lowest BCUT2D eigenvalue weighted by Gasteiger charge is -2.36. The van der Waals surface area contributed by atoms with Crippen LogP contribution in [0.25, 0.3) is 0 Å². The van der Waals surface area contributed by atoms with Crippen molar-refractivity contribution in [1.82, 2.24) is 9.96 Å². The molecule has 1 aliphatic heterocycles. The summed E-state index contributed by atoms with van der Waals surface area (Å²) in [6, 6.07) is 8.14. The number of hydrogen-bond donors (Lipinski definition) is 0. The summed E-state index contributed by atoms with van der Waals surface area (Å²) in [7, 11) is 5.27. The lowest BCUT2D eigenvalue weighted by molar-refractivity contribution is -0.156. The first-order valence-electron chi connectivity index (χ1n) is 7.76. The van der Waals surface area contributed by atoms with Crippen molar-refractivity contribution in [3.05, 3.63) is 29.8 Å². The summed E-state index contributed by atoms with van der Waals surface area (Å²) in [4.78, 5) is 19.9. The Hall–Kier alpha value is -1.59. The Morgan fingerprint density at radius 2 is 2.00 bits per heavy atom. The monoisotopic (exact) mass is 306 g/mol. The van der Waals surface area contributed by atoms with Crippen LogP contribution in [0.5, 0.6) is 5.75 Å². The van der Waals surface area contributed by atoms with Crippen LogP contribution in [0.1, 0.15) is 31.2 Å². The number of ether oxygens (including phenoxy) is 1. The van der Waals surface area contributed by atoms with Gasteiger partial charge in [0.05, 0.1) is 20.1 Å². The van der Waals surface area contributed by atoms with Gasteiger partial charge in [-0.25, -0.2) is 0 Å². The first-order valence-corrected chi connectivity index (χ1v) is 7.76. The van der Waals surface area contributed by atoms with Crippen molar-refractivity contribution in [3.63, 3.8) is 0 Å². The Bertz CT molecular complexity index is 498. The molecule has 2 rings (SSSR count). The van der Waals surface area contributed by atoms with Crippen molar-refractivity contribution in [2.75, 3.05) is 34.4 Å². The Morgan fingerprint density at radius 1 is 1.32 bits per heavy atom. The summed E-state index contributed by atoms with van der Waals surface area (Å²) in [6.07, 6.45) is 1.89. The van der Waals surface area contributed by atoms with Crippen LogP contribution in [0.3, 0.4) is 0 Å². The minimum absolute atomic E-state index is 0.146. The third kappa shape index (κ3) is 3.78. The molecule has 22 heavy (non-hydrogen) atoms. The molecule has 1 heterocycles. The predicted molar refractivity (Wildman–Crippen MR) is 85.8 cm³/mol. The second-order valence-corrected chi connectivity index (χ2v) is 5.78. The molecule has 0 saturated carbocycles. The molecule has 0 N–H and O–H groups in total. The average molecular weight is 306 g/mol. The lowest BCUT2D eigenvalue weighted by Crippen LogP contribution is -2.46. The molecular formula is C17H26N2O3. The minimum atomic E-state index is -0.146. The SMILES string of the molecule is COc1cccc(C(C)C(=O)N2CCC(N(C)OC)CC2)c1. The molecule has 1 amide bonds. The van der Waals surface area contributed by atoms with E-state index in [1.165, 1.54) is 0 Å². The van der Waals surface area contributed by atoms with E-state index in [2.05, 4.69) is 0 Å². The van der Waals surface area contributed by atoms with E-state index >= 15 is 0 Å². The van der Waals surface area contributed by atoms with Crippen LogP contribution in [0, 0.1) is 0 Å². The number of amides is 1. The Morgan fingerprint density at radius 3 is 2.59 bits per heavy atom. The zero-order valence-corrected chi connectivity index (χ0v) is 13.9. The number of benzene rings is 1. The van der Waals surface area contributed by atoms with Gasteiger partial charge >= 0.3 is 0 Å². The molecule has 5 heteroatoms. The van der Waals surface area contributed by atoms with Gasteiger partial charge in [0, 0.05) is 26.2 Å². The smallest absolute Gasteiger partial charge is 0.229 e. The summed E-state index contributed by atoms with van der Waals surface area (Å²) in [5.74, 6) is 0.830. The summed E-state index contributed by atoms with van der Waals surface area (Å²) < 4.78 is 5.24. The van der Waals surface area contributed by atoms with Gasteiger partial charge in [0.25, 0.3) is 0 Å². The van der Waals surface area contributed by atoms with Crippen molar-refractivity contribution in [2.24, 2.45) is 0 Å². The highest BCUT2D eigenvalue weighted by Crippen LogP contribution is 2.24. The molecule has 1 aromatic carbocycles. The van der Waals surface area contributed by atoms with Gasteiger partial charge in [0.1, 0.15) is 5.75 Å². The van der Waals surface area contributed by atoms with Crippen LogP contribution in [0.15, 0.2) is 24.3 Å². The van der Waals surface area contributed by atoms with Gasteiger partial charge in [-0.15, -0.1) is 0 Å². The van der Waals surface area contributed by atoms with Crippen molar-refractivity contribution < 1.29 is 14.4 Å². The van der Waals surface area contributed by atoms with Crippen molar-refractivity contribution >= 4 is 5.91 Å². The molecule has 1 aromatic rings. The van der Waals surface area contributed by atoms with Gasteiger partial charge in [-0.3, -0.25) is 4.79 Å². The second kappa shape index (κ2) is 7.61. The molecule has 122 valence electrons. The van der Waals surface area contributed by atoms with Crippen molar-refractivity contribution in [3.8, 4) is 5.75 Å². The summed E-state index contributed by atoms with van der Waals surface area (Å²) in [6.45, 7) is 3.53. The number of methoxy groups -OCH3 is 1. The number of hydroxylamine groups is 2. The number of nitrogens with zero attached hydrogens (tertiary/aromatic N) is 2. The third-order valence-electron chi connectivity index (χ3n) is 4.54. The zero-order valence-electron chi connectivity index (χ0n) is 13.9. The topological polar surface area (TPSA) is 42.0 Å². The van der Waals surface area contributed by atoms with Crippen LogP contribution in [-0.4, -0.2) is 56.3 Å². The predicted octanol–water partition coefficient (Wildman–Crippen LogP) is 2.28. The summed E-state index contributed by atoms with van der Waals surface area (Å²) in [5.41, 5.74) is 1.00. The first-order chi connectivity index (χ1) is 10.6. The number of carbonyl (C=O) groups excluding carboxylic acids is 1. The molecular weight excluding hydrogens is 280 g/mol. The molecule has 1 fully saturated rings. The Labute approximate surface area is 132 Å². The Balaban J connectivity index is 1.97. The molecule has 0 spiro atoms. The summed E-state index contributed by atoms with van der Waals surface area (Å²) in [5, 5.41) is 1.88. The molecule has 0 radical (unpaired) electrons. The highest BCUT2D eigenvalue weighted by Gasteiger charge is 2.28. The van der Waals surface area contributed by atoms with E-state index in [0.29, 0.717) is 6.04 Å². The first kappa shape index (κ1) is 16.8. The van der Waals surface area contributed by atoms with Crippen molar-refractivity contribution in [2.45, 2.75) is 31.7 Å². The van der Waals surface area contributed by atoms with E-state index in [4.69, 9.17) is 9.57 Å². The van der Waals surface area contributed by atoms with Gasteiger partial charge in [-0.05, 0) is 37.5 Å². The highest BCUT2D eigenvalue weighted by atomic mass is 16.7. The van der Waals surface area contributed by atoms with Crippen LogP contribution in [-0.2, 0) is 9.63 Å². The zero-order chi connectivity index (χ0) is 16.1. The molecule has 1 unspecified atom stereocenters. The van der Waals surface area contributed by atoms with E-state index in [9.17, 15) is 4.79 Å². The molecule has 1 aliphatic rings. The molecule has 0 aliphatic carbocycles. The Kier molecular flexibility index (Phi) is 5.80. The molecule has 5 nitrogen and oxygen atoms in total. The molecule has 1 saturated heterocycles. The molecule has 1 atom stereocenters. The number of piperidine rings is 1. The number of likely N-dealkylation sites (tertiary alicyclic amines) is 1. The minimum Gasteiger partial charge on any atom is -0.497 e. The third-order valence-corrected chi connectivity index (χ3v) is 4.54. The van der Waals surface area contributed by atoms with Gasteiger partial charge in [-0.1, -0.05) is 12.1 Å². The van der Waals surface area contributed by atoms with Crippen LogP contribution >= 0.6 is 0 Å². The van der Waals surface area contributed by atoms with E-state index in [1.807, 2.05) is 48.2 Å². The normalized spacial score (nSPS) is 17.6. The lowest BCUT2D eigenvalue weighted by atomic mass is 9.97. The number of hydrogen-bond acceptors (Lipinski definition) is 4. The maximum absolute atomic E-state index is 12.7. The van der Waals surface area contributed by atoms with Gasteiger partial charge in [0.2, 0.25) is 5.91 Å². The van der Waals surface area contributed by atoms with E-state index in [0.717, 1.165) is 37.2 Å². The van der Waals surface area contributed by atoms with Crippen molar-refractivity contribution in [1.29, 1.82) is 0 Å².